The molecule has 4 nitrogen and oxygen atoms in total. The Bertz CT molecular complexity index is 758. The van der Waals surface area contributed by atoms with Crippen molar-refractivity contribution in [2.24, 2.45) is 17.8 Å². The van der Waals surface area contributed by atoms with Crippen LogP contribution in [0.3, 0.4) is 0 Å². The lowest BCUT2D eigenvalue weighted by atomic mass is 9.80. The van der Waals surface area contributed by atoms with Crippen molar-refractivity contribution in [3.8, 4) is 0 Å². The number of allylic oxidation sites excluding steroid dienone is 4. The van der Waals surface area contributed by atoms with Gasteiger partial charge in [0.2, 0.25) is 0 Å². The van der Waals surface area contributed by atoms with Gasteiger partial charge in [0.15, 0.2) is 5.78 Å². The minimum absolute atomic E-state index is 0.0295. The number of carbonyl (C=O) groups is 2. The summed E-state index contributed by atoms with van der Waals surface area (Å²) in [7, 11) is 5.92. The summed E-state index contributed by atoms with van der Waals surface area (Å²) in [6.07, 6.45) is 10.5. The number of carboxylic acid groups (broad SMARTS) is 1. The Labute approximate surface area is 196 Å². The van der Waals surface area contributed by atoms with Crippen molar-refractivity contribution < 1.29 is 19.8 Å². The summed E-state index contributed by atoms with van der Waals surface area (Å²) in [4.78, 5) is 24.1. The van der Waals surface area contributed by atoms with E-state index in [1.807, 2.05) is 31.2 Å². The van der Waals surface area contributed by atoms with Crippen LogP contribution in [0, 0.1) is 24.7 Å². The van der Waals surface area contributed by atoms with Crippen LogP contribution in [0.15, 0.2) is 39.1 Å². The first kappa shape index (κ1) is 25.4. The van der Waals surface area contributed by atoms with Crippen LogP contribution in [0.2, 0.25) is 6.32 Å². The van der Waals surface area contributed by atoms with Crippen LogP contribution in [-0.4, -0.2) is 41.7 Å². The van der Waals surface area contributed by atoms with Crippen LogP contribution in [0.5, 0.6) is 0 Å². The quantitative estimate of drug-likeness (QED) is 0.129. The Balaban J connectivity index is 1.89. The Morgan fingerprint density at radius 1 is 1.40 bits per heavy atom. The number of thioether (sulfide) groups is 1. The zero-order valence-corrected chi connectivity index (χ0v) is 20.3. The highest BCUT2D eigenvalue weighted by Crippen LogP contribution is 2.42. The minimum Gasteiger partial charge on any atom is -0.481 e. The number of carboxylic acids is 1. The van der Waals surface area contributed by atoms with Gasteiger partial charge in [-0.3, -0.25) is 9.59 Å². The van der Waals surface area contributed by atoms with Crippen LogP contribution in [-0.2, 0) is 9.59 Å². The SMILES string of the molecule is [B]C[C@@H]1CC(O)[C@H](C/C=C\CCCC(=O)O)[C@H]1/C=C/C(=O)CSc1cc(Br)c(C)s1. The molecule has 0 aliphatic heterocycles. The molecule has 2 rings (SSSR count). The summed E-state index contributed by atoms with van der Waals surface area (Å²) in [6, 6.07) is 2.04. The normalized spacial score (nSPS) is 24.2. The van der Waals surface area contributed by atoms with Crippen molar-refractivity contribution in [3.63, 3.8) is 0 Å². The molecular formula is C22H28BBrO4S2. The van der Waals surface area contributed by atoms with Crippen LogP contribution in [0.1, 0.15) is 37.0 Å². The molecule has 1 fully saturated rings. The Hall–Kier alpha value is -0.825. The number of aryl methyl sites for hydroxylation is 1. The summed E-state index contributed by atoms with van der Waals surface area (Å²) in [5.74, 6) is -0.0715. The van der Waals surface area contributed by atoms with Crippen LogP contribution in [0.4, 0.5) is 0 Å². The predicted molar refractivity (Wildman–Crippen MR) is 129 cm³/mol. The van der Waals surface area contributed by atoms with Gasteiger partial charge in [-0.1, -0.05) is 24.5 Å². The Kier molecular flexibility index (Phi) is 10.9. The lowest BCUT2D eigenvalue weighted by molar-refractivity contribution is -0.137. The summed E-state index contributed by atoms with van der Waals surface area (Å²) >= 11 is 6.71. The summed E-state index contributed by atoms with van der Waals surface area (Å²) in [5, 5.41) is 19.2. The van der Waals surface area contributed by atoms with Crippen molar-refractivity contribution in [2.45, 2.75) is 55.7 Å². The number of aliphatic carboxylic acids is 1. The number of thiophene rings is 1. The number of hydrogen-bond donors (Lipinski definition) is 2. The van der Waals surface area contributed by atoms with Gasteiger partial charge in [-0.25, -0.2) is 0 Å². The van der Waals surface area contributed by atoms with Crippen molar-refractivity contribution in [2.75, 3.05) is 5.75 Å². The van der Waals surface area contributed by atoms with E-state index in [1.54, 1.807) is 17.4 Å². The van der Waals surface area contributed by atoms with Crippen LogP contribution in [0.25, 0.3) is 0 Å². The molecule has 1 aromatic heterocycles. The van der Waals surface area contributed by atoms with E-state index in [2.05, 4.69) is 15.9 Å². The first-order valence-electron chi connectivity index (χ1n) is 10.2. The fraction of sp³-hybridized carbons (Fsp3) is 0.545. The van der Waals surface area contributed by atoms with E-state index in [0.717, 1.165) is 8.68 Å². The molecule has 162 valence electrons. The molecule has 1 heterocycles. The molecule has 4 atom stereocenters. The van der Waals surface area contributed by atoms with Crippen molar-refractivity contribution in [3.05, 3.63) is 39.7 Å². The highest BCUT2D eigenvalue weighted by molar-refractivity contribution is 9.10. The highest BCUT2D eigenvalue weighted by atomic mass is 79.9. The molecule has 0 amide bonds. The zero-order valence-electron chi connectivity index (χ0n) is 17.1. The van der Waals surface area contributed by atoms with Crippen LogP contribution >= 0.6 is 39.0 Å². The summed E-state index contributed by atoms with van der Waals surface area (Å²) in [5.41, 5.74) is 0. The smallest absolute Gasteiger partial charge is 0.303 e. The maximum absolute atomic E-state index is 12.4. The number of carbonyl (C=O) groups excluding carboxylic acids is 1. The fourth-order valence-electron chi connectivity index (χ4n) is 3.77. The number of aliphatic hydroxyl groups excluding tert-OH is 1. The summed E-state index contributed by atoms with van der Waals surface area (Å²) in [6.45, 7) is 2.04. The number of unbranched alkanes of at least 4 members (excludes halogenated alkanes) is 1. The molecule has 1 aliphatic carbocycles. The fourth-order valence-corrected chi connectivity index (χ4v) is 6.55. The Morgan fingerprint density at radius 3 is 2.80 bits per heavy atom. The average Bonchev–Trinajstić information content (AvgIpc) is 3.19. The molecule has 30 heavy (non-hydrogen) atoms. The van der Waals surface area contributed by atoms with E-state index >= 15 is 0 Å². The van der Waals surface area contributed by atoms with Gasteiger partial charge in [0, 0.05) is 15.8 Å². The van der Waals surface area contributed by atoms with Gasteiger partial charge in [0.05, 0.1) is 23.9 Å². The number of aliphatic hydroxyl groups is 1. The number of ketones is 1. The molecule has 1 aliphatic rings. The second kappa shape index (κ2) is 12.9. The minimum atomic E-state index is -0.782. The lowest BCUT2D eigenvalue weighted by Gasteiger charge is -2.21. The van der Waals surface area contributed by atoms with Gasteiger partial charge in [0.1, 0.15) is 0 Å². The standard InChI is InChI=1S/C22H28BBrO4S2/c1-14-19(24)11-22(30-14)29-13-16(25)8-9-17-15(12-23)10-20(26)18(17)6-4-2-3-5-7-21(27)28/h2,4,8-9,11,15,17-18,20,26H,3,5-7,10,12-13H2,1H3,(H,27,28)/b4-2-,9-8+/t15-,17-,18+,20?/m0/s1. The van der Waals surface area contributed by atoms with E-state index in [4.69, 9.17) is 13.0 Å². The highest BCUT2D eigenvalue weighted by Gasteiger charge is 2.39. The number of rotatable bonds is 12. The first-order valence-corrected chi connectivity index (χ1v) is 12.8. The van der Waals surface area contributed by atoms with Gasteiger partial charge in [-0.2, -0.15) is 0 Å². The summed E-state index contributed by atoms with van der Waals surface area (Å²) < 4.78 is 2.19. The molecule has 2 radical (unpaired) electrons. The van der Waals surface area contributed by atoms with Gasteiger partial charge < -0.3 is 10.2 Å². The monoisotopic (exact) mass is 510 g/mol. The van der Waals surface area contributed by atoms with Crippen molar-refractivity contribution in [1.29, 1.82) is 0 Å². The van der Waals surface area contributed by atoms with E-state index in [9.17, 15) is 14.7 Å². The van der Waals surface area contributed by atoms with E-state index in [-0.39, 0.29) is 30.0 Å². The molecule has 8 heteroatoms. The third kappa shape index (κ3) is 8.02. The maximum atomic E-state index is 12.4. The molecule has 0 spiro atoms. The first-order chi connectivity index (χ1) is 14.3. The van der Waals surface area contributed by atoms with Crippen LogP contribution < -0.4 is 0 Å². The Morgan fingerprint density at radius 2 is 2.17 bits per heavy atom. The zero-order chi connectivity index (χ0) is 22.1. The average molecular weight is 511 g/mol. The van der Waals surface area contributed by atoms with Gasteiger partial charge in [0.25, 0.3) is 0 Å². The molecule has 1 aromatic rings. The topological polar surface area (TPSA) is 74.6 Å². The molecule has 0 saturated heterocycles. The largest absolute Gasteiger partial charge is 0.481 e. The van der Waals surface area contributed by atoms with Crippen molar-refractivity contribution in [1.82, 2.24) is 0 Å². The molecule has 1 saturated carbocycles. The maximum Gasteiger partial charge on any atom is 0.303 e. The van der Waals surface area contributed by atoms with Gasteiger partial charge in [-0.15, -0.1) is 23.1 Å². The molecule has 2 N–H and O–H groups in total. The third-order valence-corrected chi connectivity index (χ3v) is 8.78. The second-order valence-electron chi connectivity index (χ2n) is 7.62. The number of hydrogen-bond acceptors (Lipinski definition) is 5. The van der Waals surface area contributed by atoms with E-state index < -0.39 is 12.1 Å². The van der Waals surface area contributed by atoms with Gasteiger partial charge in [-0.05, 0) is 78.4 Å². The third-order valence-electron chi connectivity index (χ3n) is 5.41. The molecular weight excluding hydrogens is 483 g/mol. The second-order valence-corrected chi connectivity index (χ2v) is 11.0. The van der Waals surface area contributed by atoms with E-state index in [0.29, 0.717) is 37.8 Å². The van der Waals surface area contributed by atoms with Crippen molar-refractivity contribution >= 4 is 58.6 Å². The van der Waals surface area contributed by atoms with E-state index in [1.165, 1.54) is 16.6 Å². The predicted octanol–water partition coefficient (Wildman–Crippen LogP) is 5.44. The molecule has 1 unspecified atom stereocenters. The number of halogens is 1. The lowest BCUT2D eigenvalue weighted by Crippen LogP contribution is -2.18. The molecule has 0 bridgehead atoms. The molecule has 0 aromatic carbocycles. The van der Waals surface area contributed by atoms with Gasteiger partial charge >= 0.3 is 5.97 Å².